The third kappa shape index (κ3) is 7.82. The molecule has 1 unspecified atom stereocenters. The number of rotatable bonds is 8. The second-order valence-corrected chi connectivity index (χ2v) is 6.65. The predicted octanol–water partition coefficient (Wildman–Crippen LogP) is 4.76. The van der Waals surface area contributed by atoms with E-state index in [-0.39, 0.29) is 5.56 Å². The van der Waals surface area contributed by atoms with Crippen LogP contribution < -0.4 is 10.6 Å². The van der Waals surface area contributed by atoms with Gasteiger partial charge in [-0.05, 0) is 31.6 Å². The summed E-state index contributed by atoms with van der Waals surface area (Å²) in [5, 5.41) is 6.62. The monoisotopic (exact) mass is 400 g/mol. The molecule has 0 spiro atoms. The van der Waals surface area contributed by atoms with Gasteiger partial charge in [-0.15, -0.1) is 12.8 Å². The molecule has 2 rings (SSSR count). The van der Waals surface area contributed by atoms with Gasteiger partial charge in [0.15, 0.2) is 0 Å². The van der Waals surface area contributed by atoms with Crippen molar-refractivity contribution in [2.75, 3.05) is 25.0 Å². The number of likely N-dealkylation sites (tertiary alicyclic amines) is 1. The van der Waals surface area contributed by atoms with E-state index in [1.165, 1.54) is 12.1 Å². The smallest absolute Gasteiger partial charge is 0.270 e. The van der Waals surface area contributed by atoms with Crippen LogP contribution in [0.1, 0.15) is 25.8 Å². The van der Waals surface area contributed by atoms with Gasteiger partial charge in [-0.3, -0.25) is 0 Å². The third-order valence-corrected chi connectivity index (χ3v) is 4.40. The fraction of sp³-hybridized carbons (Fsp3) is 0.348. The normalized spacial score (nSPS) is 16.8. The molecule has 1 aromatic rings. The van der Waals surface area contributed by atoms with Crippen molar-refractivity contribution < 1.29 is 8.78 Å². The molecule has 0 aromatic heterocycles. The lowest BCUT2D eigenvalue weighted by Crippen LogP contribution is -2.37. The lowest BCUT2D eigenvalue weighted by molar-refractivity contribution is 0.0175. The van der Waals surface area contributed by atoms with E-state index in [4.69, 9.17) is 0 Å². The van der Waals surface area contributed by atoms with E-state index in [0.717, 1.165) is 43.7 Å². The van der Waals surface area contributed by atoms with E-state index in [0.29, 0.717) is 12.6 Å². The predicted molar refractivity (Wildman–Crippen MR) is 119 cm³/mol. The number of aliphatic imine (C=N–C) groups is 1. The second-order valence-electron chi connectivity index (χ2n) is 6.65. The molecule has 1 atom stereocenters. The van der Waals surface area contributed by atoms with Crippen molar-refractivity contribution in [3.8, 4) is 12.8 Å². The summed E-state index contributed by atoms with van der Waals surface area (Å²) >= 11 is 0. The van der Waals surface area contributed by atoms with Crippen LogP contribution >= 0.6 is 0 Å². The Hall–Kier alpha value is -3.07. The number of hydrogen-bond acceptors (Lipinski definition) is 3. The molecule has 0 radical (unpaired) electrons. The molecule has 29 heavy (non-hydrogen) atoms. The summed E-state index contributed by atoms with van der Waals surface area (Å²) < 4.78 is 26.6. The van der Waals surface area contributed by atoms with Crippen LogP contribution in [0.5, 0.6) is 0 Å². The standard InChI is InChI=1S/C21H28F2N4.C2H2/c1-5-12-24-20(27-13-11-19(15-27)26-16(3)6-2)14-25-18-9-7-17(8-10-18)21(4,22)23;1-2/h5-10,12,19,25-26H,2-3,11,13-15H2,1,4H3;1-2H/b12-5-,24-20?;. The molecule has 0 bridgehead atoms. The number of halogens is 2. The van der Waals surface area contributed by atoms with Gasteiger partial charge in [0.2, 0.25) is 0 Å². The third-order valence-electron chi connectivity index (χ3n) is 4.40. The zero-order chi connectivity index (χ0) is 21.9. The van der Waals surface area contributed by atoms with Gasteiger partial charge < -0.3 is 15.5 Å². The first-order chi connectivity index (χ1) is 13.8. The summed E-state index contributed by atoms with van der Waals surface area (Å²) in [6.07, 6.45) is 14.3. The van der Waals surface area contributed by atoms with Crippen molar-refractivity contribution >= 4 is 11.5 Å². The highest BCUT2D eigenvalue weighted by atomic mass is 19.3. The molecule has 1 heterocycles. The highest BCUT2D eigenvalue weighted by Crippen LogP contribution is 2.27. The molecular weight excluding hydrogens is 370 g/mol. The van der Waals surface area contributed by atoms with Crippen LogP contribution in [0.2, 0.25) is 0 Å². The summed E-state index contributed by atoms with van der Waals surface area (Å²) in [5.41, 5.74) is 1.61. The van der Waals surface area contributed by atoms with Crippen LogP contribution in [-0.2, 0) is 5.92 Å². The second kappa shape index (κ2) is 11.7. The van der Waals surface area contributed by atoms with E-state index in [1.807, 2.05) is 13.0 Å². The Kier molecular flexibility index (Phi) is 9.67. The van der Waals surface area contributed by atoms with Gasteiger partial charge >= 0.3 is 0 Å². The fourth-order valence-corrected chi connectivity index (χ4v) is 2.90. The lowest BCUT2D eigenvalue weighted by Gasteiger charge is -2.22. The Bertz CT molecular complexity index is 742. The highest BCUT2D eigenvalue weighted by molar-refractivity contribution is 5.87. The van der Waals surface area contributed by atoms with Crippen LogP contribution in [0.3, 0.4) is 0 Å². The molecule has 2 N–H and O–H groups in total. The van der Waals surface area contributed by atoms with Crippen molar-refractivity contribution in [2.45, 2.75) is 32.2 Å². The molecule has 0 aliphatic carbocycles. The van der Waals surface area contributed by atoms with E-state index >= 15 is 0 Å². The number of amidine groups is 1. The topological polar surface area (TPSA) is 39.7 Å². The van der Waals surface area contributed by atoms with Gasteiger partial charge in [0.1, 0.15) is 5.84 Å². The quantitative estimate of drug-likeness (QED) is 0.286. The molecule has 4 nitrogen and oxygen atoms in total. The first-order valence-electron chi connectivity index (χ1n) is 9.39. The number of hydrogen-bond donors (Lipinski definition) is 2. The maximum atomic E-state index is 13.3. The molecule has 1 aromatic carbocycles. The maximum absolute atomic E-state index is 13.3. The molecule has 6 heteroatoms. The Morgan fingerprint density at radius 3 is 2.55 bits per heavy atom. The average Bonchev–Trinajstić information content (AvgIpc) is 3.17. The minimum absolute atomic E-state index is 0.00626. The summed E-state index contributed by atoms with van der Waals surface area (Å²) in [6, 6.07) is 6.53. The summed E-state index contributed by atoms with van der Waals surface area (Å²) in [6.45, 7) is 12.7. The number of nitrogens with zero attached hydrogens (tertiary/aromatic N) is 2. The average molecular weight is 401 g/mol. The van der Waals surface area contributed by atoms with Crippen molar-refractivity contribution in [1.29, 1.82) is 0 Å². The van der Waals surface area contributed by atoms with Gasteiger partial charge in [-0.2, -0.15) is 0 Å². The first-order valence-corrected chi connectivity index (χ1v) is 9.39. The number of nitrogens with one attached hydrogen (secondary N) is 2. The fourth-order valence-electron chi connectivity index (χ4n) is 2.90. The number of anilines is 1. The van der Waals surface area contributed by atoms with Crippen molar-refractivity contribution in [1.82, 2.24) is 10.2 Å². The molecule has 156 valence electrons. The van der Waals surface area contributed by atoms with E-state index in [1.54, 1.807) is 24.4 Å². The molecule has 1 aliphatic rings. The number of allylic oxidation sites excluding steroid dienone is 2. The largest absolute Gasteiger partial charge is 0.381 e. The molecule has 1 aliphatic heterocycles. The van der Waals surface area contributed by atoms with Gasteiger partial charge in [-0.25, -0.2) is 13.8 Å². The first kappa shape index (κ1) is 24.0. The van der Waals surface area contributed by atoms with E-state index < -0.39 is 5.92 Å². The SMILES string of the molecule is C#C.C=CC(=C)NC1CCN(C(CNc2ccc(C(C)(F)F)cc2)=N/C=C\C)C1. The lowest BCUT2D eigenvalue weighted by atomic mass is 10.1. The van der Waals surface area contributed by atoms with Crippen LogP contribution in [0.25, 0.3) is 0 Å². The molecule has 0 amide bonds. The highest BCUT2D eigenvalue weighted by Gasteiger charge is 2.25. The molecular formula is C23H30F2N4. The van der Waals surface area contributed by atoms with E-state index in [2.05, 4.69) is 46.5 Å². The Balaban J connectivity index is 0.00000204. The van der Waals surface area contributed by atoms with Crippen molar-refractivity contribution in [2.24, 2.45) is 4.99 Å². The molecule has 1 fully saturated rings. The van der Waals surface area contributed by atoms with Crippen LogP contribution in [0.15, 0.2) is 66.5 Å². The zero-order valence-corrected chi connectivity index (χ0v) is 17.2. The maximum Gasteiger partial charge on any atom is 0.270 e. The summed E-state index contributed by atoms with van der Waals surface area (Å²) in [7, 11) is 0. The number of benzene rings is 1. The number of terminal acetylenes is 1. The van der Waals surface area contributed by atoms with Crippen molar-refractivity contribution in [3.05, 3.63) is 67.0 Å². The van der Waals surface area contributed by atoms with Crippen LogP contribution in [-0.4, -0.2) is 36.4 Å². The van der Waals surface area contributed by atoms with Gasteiger partial charge in [0, 0.05) is 49.2 Å². The van der Waals surface area contributed by atoms with Crippen LogP contribution in [0.4, 0.5) is 14.5 Å². The number of alkyl halides is 2. The van der Waals surface area contributed by atoms with E-state index in [9.17, 15) is 8.78 Å². The van der Waals surface area contributed by atoms with Gasteiger partial charge in [0.25, 0.3) is 5.92 Å². The zero-order valence-electron chi connectivity index (χ0n) is 17.2. The summed E-state index contributed by atoms with van der Waals surface area (Å²) in [4.78, 5) is 6.76. The molecule has 0 saturated carbocycles. The van der Waals surface area contributed by atoms with Gasteiger partial charge in [-0.1, -0.05) is 31.4 Å². The Morgan fingerprint density at radius 2 is 2.00 bits per heavy atom. The Labute approximate surface area is 173 Å². The van der Waals surface area contributed by atoms with Crippen molar-refractivity contribution in [3.63, 3.8) is 0 Å². The minimum Gasteiger partial charge on any atom is -0.381 e. The Morgan fingerprint density at radius 1 is 1.34 bits per heavy atom. The summed E-state index contributed by atoms with van der Waals surface area (Å²) in [5.74, 6) is -1.92. The van der Waals surface area contributed by atoms with Crippen LogP contribution in [0, 0.1) is 12.8 Å². The molecule has 1 saturated heterocycles. The minimum atomic E-state index is -2.83. The van der Waals surface area contributed by atoms with Gasteiger partial charge in [0.05, 0.1) is 6.54 Å².